The van der Waals surface area contributed by atoms with E-state index >= 15 is 0 Å². The van der Waals surface area contributed by atoms with Gasteiger partial charge in [-0.3, -0.25) is 4.79 Å². The minimum Gasteiger partial charge on any atom is -0.442 e. The summed E-state index contributed by atoms with van der Waals surface area (Å²) in [5.41, 5.74) is -0.788. The number of hydrogen-bond acceptors (Lipinski definition) is 5. The van der Waals surface area contributed by atoms with Gasteiger partial charge in [0.25, 0.3) is 5.56 Å². The molecule has 0 amide bonds. The summed E-state index contributed by atoms with van der Waals surface area (Å²) in [7, 11) is 0. The lowest BCUT2D eigenvalue weighted by Crippen LogP contribution is -2.28. The molecular formula is C10H12N4O3. The Morgan fingerprint density at radius 3 is 2.82 bits per heavy atom. The van der Waals surface area contributed by atoms with Crippen molar-refractivity contribution in [2.24, 2.45) is 0 Å². The molecule has 2 aromatic rings. The average molecular weight is 236 g/mol. The van der Waals surface area contributed by atoms with Crippen molar-refractivity contribution < 1.29 is 9.53 Å². The van der Waals surface area contributed by atoms with E-state index in [1.807, 2.05) is 0 Å². The van der Waals surface area contributed by atoms with Crippen molar-refractivity contribution in [1.82, 2.24) is 19.7 Å². The van der Waals surface area contributed by atoms with E-state index in [-0.39, 0.29) is 16.6 Å². The van der Waals surface area contributed by atoms with E-state index in [9.17, 15) is 9.59 Å². The van der Waals surface area contributed by atoms with Crippen LogP contribution >= 0.6 is 0 Å². The molecule has 90 valence electrons. The number of aromatic amines is 1. The number of carbonyl (C=O) groups is 1. The van der Waals surface area contributed by atoms with E-state index < -0.39 is 11.7 Å². The minimum atomic E-state index is -0.661. The van der Waals surface area contributed by atoms with Gasteiger partial charge in [0.1, 0.15) is 11.0 Å². The standard InChI is InChI=1S/C10H12N4O3/c1-10(2,3)17-9(16)14-7-6(4-13-14)8(15)12-5-11-7/h4-5H,1-3H3,(H,11,12,15). The maximum atomic E-state index is 11.8. The van der Waals surface area contributed by atoms with E-state index in [0.717, 1.165) is 4.68 Å². The molecule has 17 heavy (non-hydrogen) atoms. The van der Waals surface area contributed by atoms with Crippen LogP contribution in [0.5, 0.6) is 0 Å². The van der Waals surface area contributed by atoms with Crippen molar-refractivity contribution in [3.05, 3.63) is 22.9 Å². The quantitative estimate of drug-likeness (QED) is 0.734. The van der Waals surface area contributed by atoms with E-state index in [0.29, 0.717) is 0 Å². The Hall–Kier alpha value is -2.18. The molecule has 0 atom stereocenters. The number of rotatable bonds is 0. The molecule has 0 unspecified atom stereocenters. The van der Waals surface area contributed by atoms with Gasteiger partial charge in [0.15, 0.2) is 5.65 Å². The molecule has 7 heteroatoms. The smallest absolute Gasteiger partial charge is 0.437 e. The summed E-state index contributed by atoms with van der Waals surface area (Å²) in [5.74, 6) is 0. The van der Waals surface area contributed by atoms with Crippen LogP contribution in [0.2, 0.25) is 0 Å². The van der Waals surface area contributed by atoms with Crippen molar-refractivity contribution in [3.63, 3.8) is 0 Å². The molecule has 2 aromatic heterocycles. The molecule has 0 aliphatic carbocycles. The van der Waals surface area contributed by atoms with E-state index in [1.54, 1.807) is 20.8 Å². The van der Waals surface area contributed by atoms with Gasteiger partial charge >= 0.3 is 6.09 Å². The fourth-order valence-corrected chi connectivity index (χ4v) is 1.29. The summed E-state index contributed by atoms with van der Waals surface area (Å²) >= 11 is 0. The third kappa shape index (κ3) is 2.17. The van der Waals surface area contributed by atoms with Crippen LogP contribution in [0.4, 0.5) is 4.79 Å². The molecule has 7 nitrogen and oxygen atoms in total. The second-order valence-electron chi connectivity index (χ2n) is 4.51. The highest BCUT2D eigenvalue weighted by Gasteiger charge is 2.21. The summed E-state index contributed by atoms with van der Waals surface area (Å²) in [4.78, 5) is 29.5. The van der Waals surface area contributed by atoms with Crippen molar-refractivity contribution in [2.45, 2.75) is 26.4 Å². The zero-order valence-corrected chi connectivity index (χ0v) is 9.72. The lowest BCUT2D eigenvalue weighted by Gasteiger charge is -2.18. The molecule has 0 fully saturated rings. The van der Waals surface area contributed by atoms with Gasteiger partial charge in [0.2, 0.25) is 0 Å². The monoisotopic (exact) mass is 236 g/mol. The zero-order chi connectivity index (χ0) is 12.6. The predicted octanol–water partition coefficient (Wildman–Crippen LogP) is 0.903. The van der Waals surface area contributed by atoms with Gasteiger partial charge < -0.3 is 9.72 Å². The van der Waals surface area contributed by atoms with Gasteiger partial charge in [0, 0.05) is 0 Å². The Kier molecular flexibility index (Phi) is 2.45. The first-order valence-corrected chi connectivity index (χ1v) is 5.03. The van der Waals surface area contributed by atoms with E-state index in [1.165, 1.54) is 12.5 Å². The van der Waals surface area contributed by atoms with Gasteiger partial charge in [-0.25, -0.2) is 9.78 Å². The average Bonchev–Trinajstić information content (AvgIpc) is 2.60. The Bertz CT molecular complexity index is 620. The van der Waals surface area contributed by atoms with Crippen LogP contribution in [0.25, 0.3) is 11.0 Å². The minimum absolute atomic E-state index is 0.183. The molecule has 0 saturated carbocycles. The Morgan fingerprint density at radius 1 is 1.47 bits per heavy atom. The van der Waals surface area contributed by atoms with Crippen molar-refractivity contribution in [3.8, 4) is 0 Å². The molecule has 0 spiro atoms. The molecule has 2 heterocycles. The molecule has 0 radical (unpaired) electrons. The van der Waals surface area contributed by atoms with E-state index in [4.69, 9.17) is 4.74 Å². The topological polar surface area (TPSA) is 89.9 Å². The Labute approximate surface area is 96.4 Å². The fraction of sp³-hybridized carbons (Fsp3) is 0.400. The summed E-state index contributed by atoms with van der Waals surface area (Å²) in [6.45, 7) is 5.24. The lowest BCUT2D eigenvalue weighted by atomic mass is 10.2. The molecule has 1 N–H and O–H groups in total. The molecule has 2 rings (SSSR count). The number of aromatic nitrogens is 4. The van der Waals surface area contributed by atoms with Crippen LogP contribution in [-0.2, 0) is 4.74 Å². The first-order chi connectivity index (χ1) is 7.88. The first kappa shape index (κ1) is 11.3. The van der Waals surface area contributed by atoms with Gasteiger partial charge in [-0.2, -0.15) is 5.10 Å². The number of H-pyrrole nitrogens is 1. The van der Waals surface area contributed by atoms with Crippen LogP contribution in [0.1, 0.15) is 20.8 Å². The second-order valence-corrected chi connectivity index (χ2v) is 4.51. The second kappa shape index (κ2) is 3.69. The van der Waals surface area contributed by atoms with Crippen LogP contribution in [0, 0.1) is 0 Å². The number of fused-ring (bicyclic) bond motifs is 1. The molecule has 0 saturated heterocycles. The predicted molar refractivity (Wildman–Crippen MR) is 59.8 cm³/mol. The van der Waals surface area contributed by atoms with Crippen LogP contribution in [0.15, 0.2) is 17.3 Å². The van der Waals surface area contributed by atoms with E-state index in [2.05, 4.69) is 15.1 Å². The van der Waals surface area contributed by atoms with Crippen molar-refractivity contribution >= 4 is 17.1 Å². The summed E-state index contributed by atoms with van der Waals surface area (Å²) < 4.78 is 6.11. The molecule has 0 bridgehead atoms. The Balaban J connectivity index is 2.47. The summed E-state index contributed by atoms with van der Waals surface area (Å²) in [5, 5.41) is 4.05. The highest BCUT2D eigenvalue weighted by atomic mass is 16.6. The van der Waals surface area contributed by atoms with Crippen LogP contribution < -0.4 is 5.56 Å². The number of nitrogens with zero attached hydrogens (tertiary/aromatic N) is 3. The molecule has 0 aliphatic heterocycles. The highest BCUT2D eigenvalue weighted by molar-refractivity contribution is 5.84. The summed E-state index contributed by atoms with van der Waals surface area (Å²) in [6.07, 6.45) is 1.84. The molecule has 0 aromatic carbocycles. The molecule has 0 aliphatic rings. The van der Waals surface area contributed by atoms with Gasteiger partial charge in [-0.05, 0) is 20.8 Å². The lowest BCUT2D eigenvalue weighted by molar-refractivity contribution is 0.0522. The number of carbonyl (C=O) groups excluding carboxylic acids is 1. The Morgan fingerprint density at radius 2 is 2.18 bits per heavy atom. The van der Waals surface area contributed by atoms with Crippen molar-refractivity contribution in [2.75, 3.05) is 0 Å². The summed E-state index contributed by atoms with van der Waals surface area (Å²) in [6, 6.07) is 0. The van der Waals surface area contributed by atoms with Gasteiger partial charge in [-0.15, -0.1) is 4.68 Å². The normalized spacial score (nSPS) is 11.7. The van der Waals surface area contributed by atoms with Crippen LogP contribution in [0.3, 0.4) is 0 Å². The fourth-order valence-electron chi connectivity index (χ4n) is 1.29. The number of ether oxygens (including phenoxy) is 1. The van der Waals surface area contributed by atoms with Gasteiger partial charge in [0.05, 0.1) is 12.5 Å². The highest BCUT2D eigenvalue weighted by Crippen LogP contribution is 2.11. The SMILES string of the molecule is CC(C)(C)OC(=O)n1ncc2c(=O)[nH]cnc21. The van der Waals surface area contributed by atoms with Gasteiger partial charge in [-0.1, -0.05) is 0 Å². The maximum Gasteiger partial charge on any atom is 0.437 e. The number of nitrogens with one attached hydrogen (secondary N) is 1. The third-order valence-electron chi connectivity index (χ3n) is 1.94. The zero-order valence-electron chi connectivity index (χ0n) is 9.72. The van der Waals surface area contributed by atoms with Crippen LogP contribution in [-0.4, -0.2) is 31.4 Å². The third-order valence-corrected chi connectivity index (χ3v) is 1.94. The number of hydrogen-bond donors (Lipinski definition) is 1. The maximum absolute atomic E-state index is 11.8. The first-order valence-electron chi connectivity index (χ1n) is 5.03. The largest absolute Gasteiger partial charge is 0.442 e. The van der Waals surface area contributed by atoms with Crippen molar-refractivity contribution in [1.29, 1.82) is 0 Å². The molecular weight excluding hydrogens is 224 g/mol.